The highest BCUT2D eigenvalue weighted by Crippen LogP contribution is 2.43. The van der Waals surface area contributed by atoms with Gasteiger partial charge in [0.25, 0.3) is 0 Å². The first-order valence-electron chi connectivity index (χ1n) is 9.93. The van der Waals surface area contributed by atoms with Gasteiger partial charge in [0.1, 0.15) is 11.6 Å². The molecule has 3 aromatic carbocycles. The first-order chi connectivity index (χ1) is 15.0. The van der Waals surface area contributed by atoms with Crippen molar-refractivity contribution >= 4 is 11.6 Å². The summed E-state index contributed by atoms with van der Waals surface area (Å²) in [6.07, 6.45) is 0.178. The second-order valence-corrected chi connectivity index (χ2v) is 7.46. The number of benzene rings is 3. The first-order valence-corrected chi connectivity index (χ1v) is 9.93. The van der Waals surface area contributed by atoms with Crippen molar-refractivity contribution in [2.24, 2.45) is 0 Å². The fraction of sp³-hybridized carbons (Fsp3) is 0.240. The van der Waals surface area contributed by atoms with Crippen molar-refractivity contribution in [1.29, 1.82) is 0 Å². The van der Waals surface area contributed by atoms with Crippen LogP contribution in [0.3, 0.4) is 0 Å². The molecule has 5 nitrogen and oxygen atoms in total. The van der Waals surface area contributed by atoms with E-state index in [4.69, 9.17) is 14.2 Å². The van der Waals surface area contributed by atoms with Gasteiger partial charge in [0.2, 0.25) is 5.91 Å². The number of rotatable bonds is 5. The third kappa shape index (κ3) is 3.69. The minimum Gasteiger partial charge on any atom is -0.497 e. The summed E-state index contributed by atoms with van der Waals surface area (Å²) >= 11 is 0. The fourth-order valence-electron chi connectivity index (χ4n) is 4.02. The Kier molecular flexibility index (Phi) is 5.55. The lowest BCUT2D eigenvalue weighted by molar-refractivity contribution is -0.118. The molecule has 0 saturated carbocycles. The Labute approximate surface area is 181 Å². The maximum Gasteiger partial charge on any atom is 0.232 e. The van der Waals surface area contributed by atoms with Crippen LogP contribution in [0.25, 0.3) is 0 Å². The molecular formula is C25H24FNO4. The van der Waals surface area contributed by atoms with Crippen LogP contribution in [0.4, 0.5) is 10.1 Å². The van der Waals surface area contributed by atoms with E-state index in [2.05, 4.69) is 0 Å². The number of carbonyl (C=O) groups is 1. The summed E-state index contributed by atoms with van der Waals surface area (Å²) in [5.41, 5.74) is 3.68. The largest absolute Gasteiger partial charge is 0.497 e. The van der Waals surface area contributed by atoms with Crippen LogP contribution in [-0.4, -0.2) is 27.2 Å². The highest BCUT2D eigenvalue weighted by molar-refractivity contribution is 5.98. The summed E-state index contributed by atoms with van der Waals surface area (Å²) in [6.45, 7) is 1.70. The second kappa shape index (κ2) is 8.30. The van der Waals surface area contributed by atoms with Gasteiger partial charge in [-0.1, -0.05) is 18.2 Å². The number of nitrogens with zero attached hydrogens (tertiary/aromatic N) is 1. The Balaban J connectivity index is 1.93. The molecule has 160 valence electrons. The lowest BCUT2D eigenvalue weighted by atomic mass is 9.86. The molecule has 0 aromatic heterocycles. The van der Waals surface area contributed by atoms with Crippen molar-refractivity contribution in [2.45, 2.75) is 19.4 Å². The van der Waals surface area contributed by atoms with Crippen molar-refractivity contribution in [3.05, 3.63) is 82.7 Å². The smallest absolute Gasteiger partial charge is 0.232 e. The highest BCUT2D eigenvalue weighted by Gasteiger charge is 2.36. The molecule has 1 aliphatic rings. The van der Waals surface area contributed by atoms with E-state index >= 15 is 0 Å². The molecule has 0 aliphatic carbocycles. The summed E-state index contributed by atoms with van der Waals surface area (Å²) < 4.78 is 30.6. The third-order valence-electron chi connectivity index (χ3n) is 5.67. The fourth-order valence-corrected chi connectivity index (χ4v) is 4.02. The topological polar surface area (TPSA) is 48.0 Å². The summed E-state index contributed by atoms with van der Waals surface area (Å²) in [6, 6.07) is 15.7. The standard InChI is InChI=1S/C25H24FNO4/c1-15-5-8-18(13-21(15)26)27-24(28)12-17-11-22(30-3)23(31-4)14-20(17)25(27)16-6-9-19(29-2)10-7-16/h5-11,13-14,25H,12H2,1-4H3. The van der Waals surface area contributed by atoms with Crippen molar-refractivity contribution in [3.8, 4) is 17.2 Å². The minimum absolute atomic E-state index is 0.121. The number of aryl methyl sites for hydroxylation is 1. The number of hydrogen-bond donors (Lipinski definition) is 0. The molecule has 1 heterocycles. The van der Waals surface area contributed by atoms with Crippen LogP contribution in [0, 0.1) is 12.7 Å². The number of hydrogen-bond acceptors (Lipinski definition) is 4. The van der Waals surface area contributed by atoms with E-state index < -0.39 is 6.04 Å². The third-order valence-corrected chi connectivity index (χ3v) is 5.67. The lowest BCUT2D eigenvalue weighted by Gasteiger charge is -2.38. The van der Waals surface area contributed by atoms with Gasteiger partial charge in [0.05, 0.1) is 33.8 Å². The van der Waals surface area contributed by atoms with Gasteiger partial charge in [0.15, 0.2) is 11.5 Å². The summed E-state index contributed by atoms with van der Waals surface area (Å²) in [4.78, 5) is 15.0. The van der Waals surface area contributed by atoms with Gasteiger partial charge in [0, 0.05) is 5.69 Å². The van der Waals surface area contributed by atoms with Crippen LogP contribution in [0.15, 0.2) is 54.6 Å². The molecule has 6 heteroatoms. The molecule has 1 unspecified atom stereocenters. The zero-order chi connectivity index (χ0) is 22.1. The molecule has 0 bridgehead atoms. The van der Waals surface area contributed by atoms with Crippen molar-refractivity contribution < 1.29 is 23.4 Å². The summed E-state index contributed by atoms with van der Waals surface area (Å²) in [5, 5.41) is 0. The maximum atomic E-state index is 14.4. The quantitative estimate of drug-likeness (QED) is 0.592. The molecule has 0 N–H and O–H groups in total. The molecule has 1 aliphatic heterocycles. The van der Waals surface area contributed by atoms with Gasteiger partial charge in [-0.2, -0.15) is 0 Å². The molecule has 0 fully saturated rings. The average Bonchev–Trinajstić information content (AvgIpc) is 2.79. The highest BCUT2D eigenvalue weighted by atomic mass is 19.1. The predicted octanol–water partition coefficient (Wildman–Crippen LogP) is 4.84. The number of ether oxygens (including phenoxy) is 3. The van der Waals surface area contributed by atoms with Gasteiger partial charge < -0.3 is 19.1 Å². The summed E-state index contributed by atoms with van der Waals surface area (Å²) in [5.74, 6) is 1.38. The SMILES string of the molecule is COc1ccc(C2c3cc(OC)c(OC)cc3CC(=O)N2c2ccc(C)c(F)c2)cc1. The number of amides is 1. The molecule has 3 aromatic rings. The van der Waals surface area contributed by atoms with E-state index in [1.54, 1.807) is 45.3 Å². The first kappa shape index (κ1) is 20.7. The van der Waals surface area contributed by atoms with Gasteiger partial charge in [-0.3, -0.25) is 4.79 Å². The van der Waals surface area contributed by atoms with E-state index in [9.17, 15) is 9.18 Å². The van der Waals surface area contributed by atoms with E-state index in [1.807, 2.05) is 36.4 Å². The Hall–Kier alpha value is -3.54. The van der Waals surface area contributed by atoms with Crippen molar-refractivity contribution in [1.82, 2.24) is 0 Å². The van der Waals surface area contributed by atoms with Crippen LogP contribution in [0.5, 0.6) is 17.2 Å². The van der Waals surface area contributed by atoms with Crippen LogP contribution in [0.2, 0.25) is 0 Å². The number of fused-ring (bicyclic) bond motifs is 1. The zero-order valence-electron chi connectivity index (χ0n) is 17.9. The van der Waals surface area contributed by atoms with E-state index in [1.165, 1.54) is 6.07 Å². The predicted molar refractivity (Wildman–Crippen MR) is 117 cm³/mol. The van der Waals surface area contributed by atoms with Crippen molar-refractivity contribution in [3.63, 3.8) is 0 Å². The molecule has 31 heavy (non-hydrogen) atoms. The van der Waals surface area contributed by atoms with Crippen LogP contribution in [0.1, 0.15) is 28.3 Å². The molecule has 1 atom stereocenters. The Morgan fingerprint density at radius 1 is 0.903 bits per heavy atom. The van der Waals surface area contributed by atoms with E-state index in [0.717, 1.165) is 16.7 Å². The Morgan fingerprint density at radius 2 is 1.58 bits per heavy atom. The van der Waals surface area contributed by atoms with Crippen LogP contribution < -0.4 is 19.1 Å². The van der Waals surface area contributed by atoms with Gasteiger partial charge in [-0.25, -0.2) is 4.39 Å². The number of halogens is 1. The molecular weight excluding hydrogens is 397 g/mol. The molecule has 1 amide bonds. The molecule has 0 radical (unpaired) electrons. The van der Waals surface area contributed by atoms with Gasteiger partial charge in [-0.05, 0) is 65.6 Å². The lowest BCUT2D eigenvalue weighted by Crippen LogP contribution is -2.41. The summed E-state index contributed by atoms with van der Waals surface area (Å²) in [7, 11) is 4.75. The van der Waals surface area contributed by atoms with Crippen molar-refractivity contribution in [2.75, 3.05) is 26.2 Å². The van der Waals surface area contributed by atoms with Gasteiger partial charge >= 0.3 is 0 Å². The molecule has 4 rings (SSSR count). The Bertz CT molecular complexity index is 1130. The minimum atomic E-state index is -0.455. The van der Waals surface area contributed by atoms with E-state index in [0.29, 0.717) is 28.5 Å². The van der Waals surface area contributed by atoms with E-state index in [-0.39, 0.29) is 18.1 Å². The zero-order valence-corrected chi connectivity index (χ0v) is 17.9. The molecule has 0 saturated heterocycles. The second-order valence-electron chi connectivity index (χ2n) is 7.46. The number of methoxy groups -OCH3 is 3. The Morgan fingerprint density at radius 3 is 2.19 bits per heavy atom. The number of carbonyl (C=O) groups excluding carboxylic acids is 1. The van der Waals surface area contributed by atoms with Crippen LogP contribution >= 0.6 is 0 Å². The molecule has 0 spiro atoms. The van der Waals surface area contributed by atoms with Crippen LogP contribution in [-0.2, 0) is 11.2 Å². The normalized spacial score (nSPS) is 15.5. The van der Waals surface area contributed by atoms with Gasteiger partial charge in [-0.15, -0.1) is 0 Å². The maximum absolute atomic E-state index is 14.4. The number of anilines is 1. The average molecular weight is 421 g/mol. The monoisotopic (exact) mass is 421 g/mol.